The molecule has 2 aromatic carbocycles. The highest BCUT2D eigenvalue weighted by Gasteiger charge is 2.16. The smallest absolute Gasteiger partial charge is 0.162 e. The highest BCUT2D eigenvalue weighted by Crippen LogP contribution is 2.37. The molecule has 7 heteroatoms. The summed E-state index contributed by atoms with van der Waals surface area (Å²) in [6.45, 7) is 0. The van der Waals surface area contributed by atoms with Gasteiger partial charge in [-0.15, -0.1) is 0 Å². The van der Waals surface area contributed by atoms with Gasteiger partial charge in [-0.25, -0.2) is 14.4 Å². The Morgan fingerprint density at radius 1 is 1.04 bits per heavy atom. The van der Waals surface area contributed by atoms with Crippen LogP contribution >= 0.6 is 11.8 Å². The summed E-state index contributed by atoms with van der Waals surface area (Å²) in [5.41, 5.74) is 7.84. The lowest BCUT2D eigenvalue weighted by molar-refractivity contribution is 0.356. The van der Waals surface area contributed by atoms with Crippen LogP contribution in [0.5, 0.6) is 11.5 Å². The Labute approximate surface area is 138 Å². The molecule has 6 nitrogen and oxygen atoms in total. The maximum absolute atomic E-state index is 6.47. The van der Waals surface area contributed by atoms with E-state index in [0.29, 0.717) is 34.2 Å². The lowest BCUT2D eigenvalue weighted by Crippen LogP contribution is -2.06. The Morgan fingerprint density at radius 2 is 1.78 bits per heavy atom. The van der Waals surface area contributed by atoms with E-state index in [1.165, 1.54) is 10.7 Å². The molecular weight excluding hydrogens is 316 g/mol. The van der Waals surface area contributed by atoms with Gasteiger partial charge in [0.05, 0.1) is 25.4 Å². The summed E-state index contributed by atoms with van der Waals surface area (Å²) in [6.07, 6.45) is 1.45. The number of hydrogen-bond acceptors (Lipinski definition) is 6. The van der Waals surface area contributed by atoms with Crippen molar-refractivity contribution in [2.45, 2.75) is 0 Å². The average Bonchev–Trinajstić information content (AvgIpc) is 2.59. The van der Waals surface area contributed by atoms with Crippen LogP contribution in [0.25, 0.3) is 10.9 Å². The zero-order valence-electron chi connectivity index (χ0n) is 12.7. The van der Waals surface area contributed by atoms with Gasteiger partial charge in [-0.3, -0.25) is 0 Å². The molecule has 0 amide bonds. The van der Waals surface area contributed by atoms with E-state index < -0.39 is 0 Å². The Bertz CT molecular complexity index is 857. The largest absolute Gasteiger partial charge is 0.493 e. The monoisotopic (exact) mass is 330 g/mol. The van der Waals surface area contributed by atoms with Gasteiger partial charge in [0.25, 0.3) is 0 Å². The predicted molar refractivity (Wildman–Crippen MR) is 91.5 cm³/mol. The van der Waals surface area contributed by atoms with Gasteiger partial charge in [-0.1, -0.05) is 6.07 Å². The fourth-order valence-corrected chi connectivity index (χ4v) is 2.53. The number of nitrogens with zero attached hydrogens (tertiary/aromatic N) is 3. The van der Waals surface area contributed by atoms with E-state index in [1.54, 1.807) is 38.5 Å². The zero-order chi connectivity index (χ0) is 16.4. The normalized spacial score (nSPS) is 10.6. The van der Waals surface area contributed by atoms with Crippen molar-refractivity contribution in [1.82, 2.24) is 9.97 Å². The highest BCUT2D eigenvalue weighted by molar-refractivity contribution is 6.30. The van der Waals surface area contributed by atoms with Gasteiger partial charge in [0.15, 0.2) is 17.3 Å². The molecule has 0 radical (unpaired) electrons. The van der Waals surface area contributed by atoms with Crippen molar-refractivity contribution >= 4 is 39.9 Å². The maximum Gasteiger partial charge on any atom is 0.162 e. The van der Waals surface area contributed by atoms with Crippen LogP contribution in [0.4, 0.5) is 17.2 Å². The number of nitrogen functional groups attached to an aromatic ring is 1. The lowest BCUT2D eigenvalue weighted by Gasteiger charge is -2.17. The molecule has 2 N–H and O–H groups in total. The first-order valence-electron chi connectivity index (χ1n) is 6.82. The number of halogens is 1. The molecule has 0 atom stereocenters. The molecule has 3 rings (SSSR count). The van der Waals surface area contributed by atoms with Crippen molar-refractivity contribution in [2.75, 3.05) is 24.4 Å². The van der Waals surface area contributed by atoms with Gasteiger partial charge in [-0.2, -0.15) is 0 Å². The van der Waals surface area contributed by atoms with E-state index in [0.717, 1.165) is 5.39 Å². The zero-order valence-corrected chi connectivity index (χ0v) is 13.4. The molecule has 1 aromatic heterocycles. The predicted octanol–water partition coefficient (Wildman–Crippen LogP) is 3.52. The van der Waals surface area contributed by atoms with Crippen molar-refractivity contribution < 1.29 is 9.47 Å². The van der Waals surface area contributed by atoms with Gasteiger partial charge < -0.3 is 15.2 Å². The molecule has 0 fully saturated rings. The number of ether oxygens (including phenoxy) is 2. The Hall–Kier alpha value is -2.73. The van der Waals surface area contributed by atoms with E-state index >= 15 is 0 Å². The summed E-state index contributed by atoms with van der Waals surface area (Å²) in [7, 11) is 3.15. The number of benzene rings is 2. The first-order chi connectivity index (χ1) is 11.1. The number of hydrogen-bond donors (Lipinski definition) is 1. The average molecular weight is 331 g/mol. The number of aromatic nitrogens is 2. The molecule has 0 aliphatic carbocycles. The standard InChI is InChI=1S/C16H15ClN4O2/c1-22-14-7-12-13(8-15(14)23-2)19-9-20-16(12)21(17)11-5-3-4-10(18)6-11/h3-9H,18H2,1-2H3. The van der Waals surface area contributed by atoms with Crippen LogP contribution in [-0.4, -0.2) is 24.2 Å². The SMILES string of the molecule is COc1cc2ncnc(N(Cl)c3cccc(N)c3)c2cc1OC. The molecule has 1 heterocycles. The van der Waals surface area contributed by atoms with Gasteiger partial charge in [-0.05, 0) is 24.3 Å². The Balaban J connectivity index is 2.17. The number of nitrogens with two attached hydrogens (primary N) is 1. The summed E-state index contributed by atoms with van der Waals surface area (Å²) in [5, 5.41) is 0.738. The second-order valence-corrected chi connectivity index (χ2v) is 5.14. The molecule has 0 saturated heterocycles. The van der Waals surface area contributed by atoms with Crippen molar-refractivity contribution in [1.29, 1.82) is 0 Å². The molecule has 0 aliphatic heterocycles. The second-order valence-electron chi connectivity index (χ2n) is 4.80. The lowest BCUT2D eigenvalue weighted by atomic mass is 10.2. The molecule has 118 valence electrons. The number of rotatable bonds is 4. The van der Waals surface area contributed by atoms with Gasteiger partial charge in [0, 0.05) is 28.9 Å². The van der Waals surface area contributed by atoms with E-state index in [1.807, 2.05) is 12.1 Å². The van der Waals surface area contributed by atoms with Crippen molar-refractivity contribution in [3.63, 3.8) is 0 Å². The molecule has 0 bridgehead atoms. The fraction of sp³-hybridized carbons (Fsp3) is 0.125. The Kier molecular flexibility index (Phi) is 4.08. The summed E-state index contributed by atoms with van der Waals surface area (Å²) >= 11 is 6.47. The highest BCUT2D eigenvalue weighted by atomic mass is 35.5. The first-order valence-corrected chi connectivity index (χ1v) is 7.16. The van der Waals surface area contributed by atoms with Gasteiger partial charge in [0.1, 0.15) is 6.33 Å². The minimum absolute atomic E-state index is 0.531. The number of methoxy groups -OCH3 is 2. The van der Waals surface area contributed by atoms with Crippen LogP contribution in [0.15, 0.2) is 42.7 Å². The number of anilines is 3. The molecule has 3 aromatic rings. The second kappa shape index (κ2) is 6.18. The molecule has 0 aliphatic rings. The van der Waals surface area contributed by atoms with Crippen LogP contribution in [0.2, 0.25) is 0 Å². The summed E-state index contributed by atoms with van der Waals surface area (Å²) < 4.78 is 12.1. The first kappa shape index (κ1) is 15.2. The molecular formula is C16H15ClN4O2. The van der Waals surface area contributed by atoms with Crippen LogP contribution in [0.1, 0.15) is 0 Å². The molecule has 23 heavy (non-hydrogen) atoms. The van der Waals surface area contributed by atoms with E-state index in [4.69, 9.17) is 27.0 Å². The fourth-order valence-electron chi connectivity index (χ4n) is 2.30. The van der Waals surface area contributed by atoms with Gasteiger partial charge in [0.2, 0.25) is 0 Å². The summed E-state index contributed by atoms with van der Waals surface area (Å²) in [4.78, 5) is 8.55. The molecule has 0 saturated carbocycles. The van der Waals surface area contributed by atoms with Crippen molar-refractivity contribution in [2.24, 2.45) is 0 Å². The van der Waals surface area contributed by atoms with Crippen molar-refractivity contribution in [3.8, 4) is 11.5 Å². The summed E-state index contributed by atoms with van der Waals surface area (Å²) in [6, 6.07) is 10.8. The summed E-state index contributed by atoms with van der Waals surface area (Å²) in [5.74, 6) is 1.70. The number of fused-ring (bicyclic) bond motifs is 1. The van der Waals surface area contributed by atoms with E-state index in [2.05, 4.69) is 9.97 Å². The minimum atomic E-state index is 0.531. The minimum Gasteiger partial charge on any atom is -0.493 e. The van der Waals surface area contributed by atoms with Crippen LogP contribution in [0, 0.1) is 0 Å². The topological polar surface area (TPSA) is 73.5 Å². The van der Waals surface area contributed by atoms with Gasteiger partial charge >= 0.3 is 0 Å². The quantitative estimate of drug-likeness (QED) is 0.583. The third-order valence-electron chi connectivity index (χ3n) is 3.40. The third-order valence-corrected chi connectivity index (χ3v) is 3.76. The molecule has 0 unspecified atom stereocenters. The molecule has 0 spiro atoms. The van der Waals surface area contributed by atoms with Crippen LogP contribution in [0.3, 0.4) is 0 Å². The van der Waals surface area contributed by atoms with Crippen molar-refractivity contribution in [3.05, 3.63) is 42.7 Å². The maximum atomic E-state index is 6.47. The van der Waals surface area contributed by atoms with Crippen LogP contribution < -0.4 is 19.6 Å². The Morgan fingerprint density at radius 3 is 2.48 bits per heavy atom. The third kappa shape index (κ3) is 2.80. The van der Waals surface area contributed by atoms with E-state index in [9.17, 15) is 0 Å². The van der Waals surface area contributed by atoms with Crippen LogP contribution in [-0.2, 0) is 0 Å². The van der Waals surface area contributed by atoms with E-state index in [-0.39, 0.29) is 0 Å².